The van der Waals surface area contributed by atoms with E-state index in [1.54, 1.807) is 0 Å². The standard InChI is InChI=1S/C20H22BrClN2S/c1-3-24(4-2)9-10-25-20-18-8-6-5-7-17(18)19(23-20)14-11-15(21)13-16(22)12-14/h5-6,8,11-13H,3-4,7,9-10H2,1-2H3. The lowest BCUT2D eigenvalue weighted by Crippen LogP contribution is -2.25. The molecule has 2 aliphatic rings. The number of rotatable bonds is 6. The van der Waals surface area contributed by atoms with Crippen LogP contribution in [0.1, 0.15) is 25.8 Å². The Labute approximate surface area is 167 Å². The second kappa shape index (κ2) is 8.72. The Morgan fingerprint density at radius 3 is 2.76 bits per heavy atom. The van der Waals surface area contributed by atoms with Crippen molar-refractivity contribution in [2.75, 3.05) is 25.4 Å². The molecule has 0 spiro atoms. The molecule has 1 aromatic rings. The molecule has 1 aliphatic carbocycles. The normalized spacial score (nSPS) is 16.4. The van der Waals surface area contributed by atoms with Crippen LogP contribution in [0.3, 0.4) is 0 Å². The number of thioether (sulfide) groups is 1. The highest BCUT2D eigenvalue weighted by Crippen LogP contribution is 2.40. The van der Waals surface area contributed by atoms with E-state index in [4.69, 9.17) is 16.6 Å². The van der Waals surface area contributed by atoms with Gasteiger partial charge in [0.15, 0.2) is 0 Å². The summed E-state index contributed by atoms with van der Waals surface area (Å²) in [4.78, 5) is 7.43. The molecule has 0 atom stereocenters. The zero-order chi connectivity index (χ0) is 17.8. The lowest BCUT2D eigenvalue weighted by molar-refractivity contribution is 0.324. The van der Waals surface area contributed by atoms with Crippen molar-refractivity contribution in [3.8, 4) is 0 Å². The fourth-order valence-electron chi connectivity index (χ4n) is 3.07. The van der Waals surface area contributed by atoms with Gasteiger partial charge < -0.3 is 4.90 Å². The van der Waals surface area contributed by atoms with Crippen LogP contribution in [0.15, 0.2) is 57.0 Å². The average Bonchev–Trinajstić information content (AvgIpc) is 2.97. The van der Waals surface area contributed by atoms with Crippen molar-refractivity contribution in [3.05, 3.63) is 62.6 Å². The molecule has 2 nitrogen and oxygen atoms in total. The predicted molar refractivity (Wildman–Crippen MR) is 116 cm³/mol. The van der Waals surface area contributed by atoms with Gasteiger partial charge in [-0.1, -0.05) is 59.6 Å². The Hall–Kier alpha value is -0.810. The van der Waals surface area contributed by atoms with Gasteiger partial charge in [-0.15, -0.1) is 11.8 Å². The van der Waals surface area contributed by atoms with Crippen LogP contribution < -0.4 is 0 Å². The Kier molecular flexibility index (Phi) is 6.61. The van der Waals surface area contributed by atoms with Crippen LogP contribution in [0.5, 0.6) is 0 Å². The van der Waals surface area contributed by atoms with Crippen molar-refractivity contribution >= 4 is 50.0 Å². The maximum Gasteiger partial charge on any atom is 0.104 e. The third-order valence-electron chi connectivity index (χ3n) is 4.45. The largest absolute Gasteiger partial charge is 0.303 e. The van der Waals surface area contributed by atoms with Gasteiger partial charge in [-0.3, -0.25) is 0 Å². The summed E-state index contributed by atoms with van der Waals surface area (Å²) in [6.07, 6.45) is 7.44. The summed E-state index contributed by atoms with van der Waals surface area (Å²) in [6.45, 7) is 7.71. The summed E-state index contributed by atoms with van der Waals surface area (Å²) in [5, 5.41) is 1.87. The minimum Gasteiger partial charge on any atom is -0.303 e. The highest BCUT2D eigenvalue weighted by Gasteiger charge is 2.25. The molecule has 0 saturated carbocycles. The minimum absolute atomic E-state index is 0.729. The van der Waals surface area contributed by atoms with E-state index < -0.39 is 0 Å². The summed E-state index contributed by atoms with van der Waals surface area (Å²) in [5.41, 5.74) is 4.72. The van der Waals surface area contributed by atoms with Crippen LogP contribution in [-0.2, 0) is 0 Å². The highest BCUT2D eigenvalue weighted by atomic mass is 79.9. The monoisotopic (exact) mass is 436 g/mol. The first-order valence-electron chi connectivity index (χ1n) is 8.63. The van der Waals surface area contributed by atoms with Gasteiger partial charge in [-0.2, -0.15) is 0 Å². The van der Waals surface area contributed by atoms with Crippen LogP contribution in [-0.4, -0.2) is 35.3 Å². The van der Waals surface area contributed by atoms with Gasteiger partial charge in [0.25, 0.3) is 0 Å². The third-order valence-corrected chi connectivity index (χ3v) is 6.10. The van der Waals surface area contributed by atoms with E-state index in [2.05, 4.69) is 59.0 Å². The molecule has 0 unspecified atom stereocenters. The lowest BCUT2D eigenvalue weighted by Gasteiger charge is -2.17. The van der Waals surface area contributed by atoms with Crippen molar-refractivity contribution < 1.29 is 0 Å². The smallest absolute Gasteiger partial charge is 0.104 e. The van der Waals surface area contributed by atoms with Gasteiger partial charge >= 0.3 is 0 Å². The van der Waals surface area contributed by atoms with Gasteiger partial charge in [-0.05, 0) is 43.3 Å². The van der Waals surface area contributed by atoms with E-state index in [9.17, 15) is 0 Å². The van der Waals surface area contributed by atoms with Crippen LogP contribution in [0, 0.1) is 0 Å². The number of benzene rings is 1. The Balaban J connectivity index is 1.83. The molecule has 1 heterocycles. The SMILES string of the molecule is CCN(CC)CCSC1=NC(c2cc(Cl)cc(Br)c2)=C2CC=CC=C12. The van der Waals surface area contributed by atoms with E-state index in [-0.39, 0.29) is 0 Å². The minimum atomic E-state index is 0.729. The molecule has 25 heavy (non-hydrogen) atoms. The number of nitrogens with zero attached hydrogens (tertiary/aromatic N) is 2. The van der Waals surface area contributed by atoms with Gasteiger partial charge in [0.1, 0.15) is 5.04 Å². The molecule has 1 aliphatic heterocycles. The molecule has 5 heteroatoms. The predicted octanol–water partition coefficient (Wildman–Crippen LogP) is 6.19. The van der Waals surface area contributed by atoms with Crippen molar-refractivity contribution in [2.45, 2.75) is 20.3 Å². The topological polar surface area (TPSA) is 15.6 Å². The van der Waals surface area contributed by atoms with Gasteiger partial charge in [-0.25, -0.2) is 4.99 Å². The molecule has 0 bridgehead atoms. The van der Waals surface area contributed by atoms with E-state index in [1.165, 1.54) is 11.1 Å². The Morgan fingerprint density at radius 1 is 1.24 bits per heavy atom. The van der Waals surface area contributed by atoms with E-state index in [1.807, 2.05) is 23.9 Å². The third kappa shape index (κ3) is 4.48. The Morgan fingerprint density at radius 2 is 2.04 bits per heavy atom. The first-order valence-corrected chi connectivity index (χ1v) is 10.8. The zero-order valence-corrected chi connectivity index (χ0v) is 17.7. The van der Waals surface area contributed by atoms with E-state index in [0.717, 1.165) is 57.6 Å². The van der Waals surface area contributed by atoms with Gasteiger partial charge in [0.05, 0.1) is 5.70 Å². The molecule has 132 valence electrons. The molecule has 0 amide bonds. The molecule has 0 radical (unpaired) electrons. The average molecular weight is 438 g/mol. The molecule has 3 rings (SSSR count). The molecule has 0 saturated heterocycles. The molecular weight excluding hydrogens is 416 g/mol. The van der Waals surface area contributed by atoms with Crippen LogP contribution >= 0.6 is 39.3 Å². The molecule has 1 aromatic carbocycles. The van der Waals surface area contributed by atoms with Crippen LogP contribution in [0.2, 0.25) is 5.02 Å². The zero-order valence-electron chi connectivity index (χ0n) is 14.6. The maximum atomic E-state index is 6.25. The van der Waals surface area contributed by atoms with E-state index in [0.29, 0.717) is 0 Å². The second-order valence-electron chi connectivity index (χ2n) is 5.99. The highest BCUT2D eigenvalue weighted by molar-refractivity contribution is 9.10. The maximum absolute atomic E-state index is 6.25. The summed E-state index contributed by atoms with van der Waals surface area (Å²) in [6, 6.07) is 6.00. The molecule has 0 aromatic heterocycles. The van der Waals surface area contributed by atoms with Gasteiger partial charge in [0, 0.05) is 32.9 Å². The van der Waals surface area contributed by atoms with E-state index >= 15 is 0 Å². The number of hydrogen-bond acceptors (Lipinski definition) is 3. The fraction of sp³-hybridized carbons (Fsp3) is 0.350. The van der Waals surface area contributed by atoms with Crippen LogP contribution in [0.25, 0.3) is 5.70 Å². The van der Waals surface area contributed by atoms with Crippen molar-refractivity contribution in [1.82, 2.24) is 4.90 Å². The molecule has 0 N–H and O–H groups in total. The van der Waals surface area contributed by atoms with Crippen LogP contribution in [0.4, 0.5) is 0 Å². The summed E-state index contributed by atoms with van der Waals surface area (Å²) < 4.78 is 0.984. The number of allylic oxidation sites excluding steroid dienone is 4. The number of fused-ring (bicyclic) bond motifs is 1. The van der Waals surface area contributed by atoms with Gasteiger partial charge in [0.2, 0.25) is 0 Å². The van der Waals surface area contributed by atoms with Crippen molar-refractivity contribution in [1.29, 1.82) is 0 Å². The first-order chi connectivity index (χ1) is 12.1. The summed E-state index contributed by atoms with van der Waals surface area (Å²) >= 11 is 11.6. The summed E-state index contributed by atoms with van der Waals surface area (Å²) in [5.74, 6) is 1.06. The molecular formula is C20H22BrClN2S. The van der Waals surface area contributed by atoms with Crippen molar-refractivity contribution in [2.24, 2.45) is 4.99 Å². The second-order valence-corrected chi connectivity index (χ2v) is 8.43. The first kappa shape index (κ1) is 19.0. The quantitative estimate of drug-likeness (QED) is 0.527. The lowest BCUT2D eigenvalue weighted by atomic mass is 9.96. The number of aliphatic imine (C=N–C) groups is 1. The number of hydrogen-bond donors (Lipinski definition) is 0. The Bertz CT molecular complexity index is 756. The summed E-state index contributed by atoms with van der Waals surface area (Å²) in [7, 11) is 0. The number of halogens is 2. The molecule has 0 fully saturated rings. The van der Waals surface area contributed by atoms with Crippen molar-refractivity contribution in [3.63, 3.8) is 0 Å². The fourth-order valence-corrected chi connectivity index (χ4v) is 4.97.